The Morgan fingerprint density at radius 1 is 1.56 bits per heavy atom. The summed E-state index contributed by atoms with van der Waals surface area (Å²) in [4.78, 5) is 27.0. The van der Waals surface area contributed by atoms with Gasteiger partial charge in [0, 0.05) is 25.1 Å². The number of ether oxygens (including phenoxy) is 1. The number of rotatable bonds is 1. The number of carbonyl (C=O) groups excluding carboxylic acids is 2. The highest BCUT2D eigenvalue weighted by Crippen LogP contribution is 2.21. The Hall–Kier alpha value is -1.85. The third kappa shape index (κ3) is 2.88. The molecule has 0 bridgehead atoms. The molecule has 1 saturated heterocycles. The summed E-state index contributed by atoms with van der Waals surface area (Å²) in [7, 11) is 0. The van der Waals surface area contributed by atoms with Gasteiger partial charge in [-0.15, -0.1) is 0 Å². The molecule has 6 heteroatoms. The van der Waals surface area contributed by atoms with Gasteiger partial charge in [-0.25, -0.2) is 14.3 Å². The van der Waals surface area contributed by atoms with E-state index in [1.54, 1.807) is 6.20 Å². The molecule has 0 saturated carbocycles. The molecule has 1 aliphatic rings. The van der Waals surface area contributed by atoms with Gasteiger partial charge in [-0.1, -0.05) is 0 Å². The highest BCUT2D eigenvalue weighted by molar-refractivity contribution is 5.79. The lowest BCUT2D eigenvalue weighted by molar-refractivity contribution is -0.119. The number of nitrogens with zero attached hydrogens (tertiary/aromatic N) is 2. The predicted octanol–water partition coefficient (Wildman–Crippen LogP) is 1.27. The van der Waals surface area contributed by atoms with Gasteiger partial charge < -0.3 is 10.1 Å². The zero-order chi connectivity index (χ0) is 13.3. The first kappa shape index (κ1) is 12.6. The molecule has 0 aliphatic carbocycles. The van der Waals surface area contributed by atoms with Crippen LogP contribution < -0.4 is 5.32 Å². The van der Waals surface area contributed by atoms with Crippen molar-refractivity contribution >= 4 is 12.0 Å². The van der Waals surface area contributed by atoms with Gasteiger partial charge in [0.25, 0.3) is 0 Å². The lowest BCUT2D eigenvalue weighted by Crippen LogP contribution is -2.26. The summed E-state index contributed by atoms with van der Waals surface area (Å²) in [5.41, 5.74) is 0.200. The van der Waals surface area contributed by atoms with Crippen molar-refractivity contribution in [1.82, 2.24) is 14.9 Å². The largest absolute Gasteiger partial charge is 0.443 e. The van der Waals surface area contributed by atoms with Crippen molar-refractivity contribution in [2.75, 3.05) is 6.54 Å². The van der Waals surface area contributed by atoms with Crippen LogP contribution in [0.4, 0.5) is 4.79 Å². The highest BCUT2D eigenvalue weighted by atomic mass is 16.6. The van der Waals surface area contributed by atoms with Gasteiger partial charge in [-0.05, 0) is 20.8 Å². The fraction of sp³-hybridized carbons (Fsp3) is 0.583. The van der Waals surface area contributed by atoms with E-state index in [1.165, 1.54) is 10.9 Å². The minimum atomic E-state index is -0.535. The molecule has 6 nitrogen and oxygen atoms in total. The molecule has 2 rings (SSSR count). The normalized spacial score (nSPS) is 19.7. The van der Waals surface area contributed by atoms with Crippen LogP contribution in [0, 0.1) is 0 Å². The Kier molecular flexibility index (Phi) is 3.11. The predicted molar refractivity (Wildman–Crippen MR) is 64.2 cm³/mol. The zero-order valence-corrected chi connectivity index (χ0v) is 10.8. The molecule has 1 aromatic rings. The Bertz CT molecular complexity index is 473. The second-order valence-corrected chi connectivity index (χ2v) is 5.39. The fourth-order valence-corrected chi connectivity index (χ4v) is 1.78. The van der Waals surface area contributed by atoms with Crippen LogP contribution in [0.15, 0.2) is 12.5 Å². The van der Waals surface area contributed by atoms with Crippen molar-refractivity contribution in [3.63, 3.8) is 0 Å². The van der Waals surface area contributed by atoms with Crippen LogP contribution in [-0.4, -0.2) is 33.7 Å². The molecule has 0 radical (unpaired) electrons. The number of imidazole rings is 1. The van der Waals surface area contributed by atoms with Crippen LogP contribution in [0.2, 0.25) is 0 Å². The van der Waals surface area contributed by atoms with Crippen molar-refractivity contribution < 1.29 is 14.3 Å². The van der Waals surface area contributed by atoms with Gasteiger partial charge in [0.15, 0.2) is 0 Å². The van der Waals surface area contributed by atoms with E-state index in [1.807, 2.05) is 20.8 Å². The number of nitrogens with one attached hydrogen (secondary N) is 1. The first-order valence-corrected chi connectivity index (χ1v) is 5.89. The molecule has 0 aromatic carbocycles. The van der Waals surface area contributed by atoms with Crippen LogP contribution in [0.3, 0.4) is 0 Å². The van der Waals surface area contributed by atoms with Crippen molar-refractivity contribution in [3.05, 3.63) is 18.2 Å². The van der Waals surface area contributed by atoms with Crippen molar-refractivity contribution in [2.45, 2.75) is 38.7 Å². The summed E-state index contributed by atoms with van der Waals surface area (Å²) >= 11 is 0. The average molecular weight is 251 g/mol. The van der Waals surface area contributed by atoms with Gasteiger partial charge >= 0.3 is 6.09 Å². The summed E-state index contributed by atoms with van der Waals surface area (Å²) in [6, 6.07) is 0. The third-order valence-electron chi connectivity index (χ3n) is 2.60. The fourth-order valence-electron chi connectivity index (χ4n) is 1.78. The molecule has 0 spiro atoms. The van der Waals surface area contributed by atoms with E-state index in [0.29, 0.717) is 13.0 Å². The van der Waals surface area contributed by atoms with E-state index in [9.17, 15) is 9.59 Å². The smallest absolute Gasteiger partial charge is 0.419 e. The minimum absolute atomic E-state index is 0.0202. The monoisotopic (exact) mass is 251 g/mol. The van der Waals surface area contributed by atoms with Gasteiger partial charge in [0.2, 0.25) is 5.91 Å². The molecule has 18 heavy (non-hydrogen) atoms. The summed E-state index contributed by atoms with van der Waals surface area (Å²) in [6.07, 6.45) is 3.01. The molecule has 1 aromatic heterocycles. The van der Waals surface area contributed by atoms with Gasteiger partial charge in [-0.3, -0.25) is 4.79 Å². The SMILES string of the molecule is CC(C)(C)OC(=O)n1cnc(C2CNC(=O)C2)c1. The quantitative estimate of drug-likeness (QED) is 0.815. The first-order valence-electron chi connectivity index (χ1n) is 5.89. The van der Waals surface area contributed by atoms with E-state index < -0.39 is 11.7 Å². The average Bonchev–Trinajstić information content (AvgIpc) is 2.82. The van der Waals surface area contributed by atoms with Gasteiger partial charge in [-0.2, -0.15) is 0 Å². The van der Waals surface area contributed by atoms with Gasteiger partial charge in [0.05, 0.1) is 5.69 Å². The molecular weight excluding hydrogens is 234 g/mol. The summed E-state index contributed by atoms with van der Waals surface area (Å²) in [6.45, 7) is 6.00. The van der Waals surface area contributed by atoms with Crippen LogP contribution in [0.5, 0.6) is 0 Å². The summed E-state index contributed by atoms with van der Waals surface area (Å²) < 4.78 is 6.53. The number of hydrogen-bond acceptors (Lipinski definition) is 4. The molecule has 1 fully saturated rings. The maximum atomic E-state index is 11.8. The van der Waals surface area contributed by atoms with E-state index in [-0.39, 0.29) is 11.8 Å². The third-order valence-corrected chi connectivity index (χ3v) is 2.60. The Balaban J connectivity index is 2.06. The van der Waals surface area contributed by atoms with Crippen LogP contribution in [0.25, 0.3) is 0 Å². The zero-order valence-electron chi connectivity index (χ0n) is 10.8. The van der Waals surface area contributed by atoms with E-state index in [0.717, 1.165) is 5.69 Å². The van der Waals surface area contributed by atoms with E-state index >= 15 is 0 Å². The molecular formula is C12H17N3O3. The molecule has 1 aliphatic heterocycles. The lowest BCUT2D eigenvalue weighted by atomic mass is 10.1. The van der Waals surface area contributed by atoms with Crippen LogP contribution in [-0.2, 0) is 9.53 Å². The maximum absolute atomic E-state index is 11.8. The van der Waals surface area contributed by atoms with Crippen molar-refractivity contribution in [2.24, 2.45) is 0 Å². The Morgan fingerprint density at radius 2 is 2.28 bits per heavy atom. The minimum Gasteiger partial charge on any atom is -0.443 e. The molecule has 1 amide bonds. The van der Waals surface area contributed by atoms with E-state index in [4.69, 9.17) is 4.74 Å². The second kappa shape index (κ2) is 4.44. The van der Waals surface area contributed by atoms with Crippen molar-refractivity contribution in [3.8, 4) is 0 Å². The summed E-state index contributed by atoms with van der Waals surface area (Å²) in [5, 5.41) is 2.74. The van der Waals surface area contributed by atoms with Gasteiger partial charge in [0.1, 0.15) is 11.9 Å². The van der Waals surface area contributed by atoms with Crippen molar-refractivity contribution in [1.29, 1.82) is 0 Å². The Morgan fingerprint density at radius 3 is 2.83 bits per heavy atom. The molecule has 2 heterocycles. The van der Waals surface area contributed by atoms with Crippen LogP contribution in [0.1, 0.15) is 38.8 Å². The molecule has 1 N–H and O–H groups in total. The molecule has 98 valence electrons. The number of hydrogen-bond donors (Lipinski definition) is 1. The molecule has 1 atom stereocenters. The standard InChI is InChI=1S/C12H17N3O3/c1-12(2,3)18-11(17)15-6-9(14-7-15)8-4-10(16)13-5-8/h6-8H,4-5H2,1-3H3,(H,13,16). The lowest BCUT2D eigenvalue weighted by Gasteiger charge is -2.19. The number of amides is 1. The topological polar surface area (TPSA) is 73.2 Å². The highest BCUT2D eigenvalue weighted by Gasteiger charge is 2.26. The number of aromatic nitrogens is 2. The van der Waals surface area contributed by atoms with E-state index in [2.05, 4.69) is 10.3 Å². The first-order chi connectivity index (χ1) is 8.35. The Labute approximate surface area is 105 Å². The summed E-state index contributed by atoms with van der Waals surface area (Å²) in [5.74, 6) is 0.0630. The van der Waals surface area contributed by atoms with Crippen LogP contribution >= 0.6 is 0 Å². The second-order valence-electron chi connectivity index (χ2n) is 5.39. The maximum Gasteiger partial charge on any atom is 0.419 e. The molecule has 1 unspecified atom stereocenters. The number of carbonyl (C=O) groups is 2.